The van der Waals surface area contributed by atoms with Crippen LogP contribution in [0, 0.1) is 6.92 Å². The zero-order chi connectivity index (χ0) is 35.4. The Morgan fingerprint density at radius 3 is 2.14 bits per heavy atom. The Labute approximate surface area is 289 Å². The summed E-state index contributed by atoms with van der Waals surface area (Å²) >= 11 is 0. The highest BCUT2D eigenvalue weighted by Gasteiger charge is 2.35. The molecule has 4 aromatic carbocycles. The highest BCUT2D eigenvalue weighted by molar-refractivity contribution is 7.92. The molecular formula is C38H45N3O7S. The van der Waals surface area contributed by atoms with Crippen LogP contribution in [-0.2, 0) is 32.6 Å². The molecule has 2 amide bonds. The summed E-state index contributed by atoms with van der Waals surface area (Å²) in [6.45, 7) is 6.13. The van der Waals surface area contributed by atoms with Gasteiger partial charge in [-0.1, -0.05) is 67.1 Å². The Hall–Kier alpha value is -5.03. The van der Waals surface area contributed by atoms with Crippen LogP contribution in [0.2, 0.25) is 0 Å². The second-order valence-corrected chi connectivity index (χ2v) is 13.3. The van der Waals surface area contributed by atoms with Crippen molar-refractivity contribution in [1.82, 2.24) is 10.2 Å². The molecule has 0 spiro atoms. The molecule has 0 saturated carbocycles. The van der Waals surface area contributed by atoms with Crippen LogP contribution < -0.4 is 23.8 Å². The van der Waals surface area contributed by atoms with Crippen LogP contribution in [0.1, 0.15) is 37.0 Å². The van der Waals surface area contributed by atoms with Crippen molar-refractivity contribution in [3.8, 4) is 17.2 Å². The Kier molecular flexibility index (Phi) is 13.1. The average Bonchev–Trinajstić information content (AvgIpc) is 3.11. The van der Waals surface area contributed by atoms with Gasteiger partial charge in [-0.3, -0.25) is 13.9 Å². The van der Waals surface area contributed by atoms with E-state index in [2.05, 4.69) is 5.32 Å². The number of rotatable bonds is 17. The third-order valence-corrected chi connectivity index (χ3v) is 9.68. The molecule has 0 radical (unpaired) electrons. The van der Waals surface area contributed by atoms with Gasteiger partial charge in [-0.05, 0) is 67.8 Å². The van der Waals surface area contributed by atoms with E-state index in [0.29, 0.717) is 31.1 Å². The quantitative estimate of drug-likeness (QED) is 0.150. The first kappa shape index (κ1) is 36.8. The average molecular weight is 688 g/mol. The number of carbonyl (C=O) groups is 2. The lowest BCUT2D eigenvalue weighted by atomic mass is 10.0. The van der Waals surface area contributed by atoms with Gasteiger partial charge >= 0.3 is 0 Å². The third-order valence-electron chi connectivity index (χ3n) is 7.91. The number of nitrogens with zero attached hydrogens (tertiary/aromatic N) is 2. The summed E-state index contributed by atoms with van der Waals surface area (Å²) < 4.78 is 46.3. The maximum absolute atomic E-state index is 14.7. The van der Waals surface area contributed by atoms with E-state index in [1.165, 1.54) is 37.3 Å². The lowest BCUT2D eigenvalue weighted by molar-refractivity contribution is -0.140. The molecule has 0 bridgehead atoms. The van der Waals surface area contributed by atoms with Gasteiger partial charge in [0.2, 0.25) is 11.8 Å². The minimum atomic E-state index is -4.36. The molecule has 0 aromatic heterocycles. The van der Waals surface area contributed by atoms with Gasteiger partial charge in [-0.2, -0.15) is 0 Å². The fraction of sp³-hybridized carbons (Fsp3) is 0.316. The van der Waals surface area contributed by atoms with Gasteiger partial charge in [-0.25, -0.2) is 8.42 Å². The zero-order valence-electron chi connectivity index (χ0n) is 28.7. The smallest absolute Gasteiger partial charge is 0.264 e. The number of methoxy groups -OCH3 is 2. The van der Waals surface area contributed by atoms with E-state index < -0.39 is 28.5 Å². The molecule has 0 unspecified atom stereocenters. The first-order valence-electron chi connectivity index (χ1n) is 16.3. The van der Waals surface area contributed by atoms with Gasteiger partial charge in [0.25, 0.3) is 10.0 Å². The van der Waals surface area contributed by atoms with Crippen molar-refractivity contribution in [2.24, 2.45) is 0 Å². The van der Waals surface area contributed by atoms with Crippen molar-refractivity contribution in [2.45, 2.75) is 51.1 Å². The van der Waals surface area contributed by atoms with E-state index in [0.717, 1.165) is 21.0 Å². The predicted molar refractivity (Wildman–Crippen MR) is 191 cm³/mol. The Bertz CT molecular complexity index is 1800. The number of amides is 2. The number of ether oxygens (including phenoxy) is 3. The molecule has 0 aliphatic heterocycles. The summed E-state index contributed by atoms with van der Waals surface area (Å²) in [4.78, 5) is 29.9. The standard InChI is InChI=1S/C38H45N3O7S/c1-6-22-39-38(43)34(24-29-13-9-8-10-14-29)40(26-30-15-11-12-28(3)23-30)37(42)27-41(31-16-18-32(19-17-31)48-7-2)49(44,45)33-20-21-35(46-4)36(25-33)47-5/h8-21,23,25,34H,6-7,22,24,26-27H2,1-5H3,(H,39,43)/t34-/m0/s1. The Morgan fingerprint density at radius 2 is 1.51 bits per heavy atom. The third kappa shape index (κ3) is 9.54. The molecule has 0 aliphatic rings. The molecule has 1 N–H and O–H groups in total. The van der Waals surface area contributed by atoms with E-state index in [1.807, 2.05) is 75.4 Å². The molecule has 4 rings (SSSR count). The van der Waals surface area contributed by atoms with Crippen molar-refractivity contribution < 1.29 is 32.2 Å². The van der Waals surface area contributed by atoms with Crippen molar-refractivity contribution in [2.75, 3.05) is 38.2 Å². The van der Waals surface area contributed by atoms with Crippen molar-refractivity contribution in [3.05, 3.63) is 114 Å². The number of benzene rings is 4. The highest BCUT2D eigenvalue weighted by Crippen LogP contribution is 2.33. The Balaban J connectivity index is 1.83. The van der Waals surface area contributed by atoms with Crippen LogP contribution in [0.15, 0.2) is 102 Å². The number of nitrogens with one attached hydrogen (secondary N) is 1. The molecule has 1 atom stereocenters. The first-order valence-corrected chi connectivity index (χ1v) is 17.7. The molecule has 0 saturated heterocycles. The fourth-order valence-electron chi connectivity index (χ4n) is 5.44. The maximum atomic E-state index is 14.7. The number of anilines is 1. The van der Waals surface area contributed by atoms with Crippen LogP contribution in [-0.4, -0.2) is 65.1 Å². The Morgan fingerprint density at radius 1 is 0.816 bits per heavy atom. The summed E-state index contributed by atoms with van der Waals surface area (Å²) in [5, 5.41) is 2.96. The van der Waals surface area contributed by atoms with Gasteiger partial charge in [-0.15, -0.1) is 0 Å². The number of sulfonamides is 1. The van der Waals surface area contributed by atoms with Crippen LogP contribution in [0.5, 0.6) is 17.2 Å². The van der Waals surface area contributed by atoms with Crippen LogP contribution in [0.25, 0.3) is 0 Å². The van der Waals surface area contributed by atoms with Crippen molar-refractivity contribution in [1.29, 1.82) is 0 Å². The van der Waals surface area contributed by atoms with Crippen LogP contribution >= 0.6 is 0 Å². The molecule has 0 heterocycles. The predicted octanol–water partition coefficient (Wildman–Crippen LogP) is 5.77. The van der Waals surface area contributed by atoms with Crippen molar-refractivity contribution >= 4 is 27.5 Å². The summed E-state index contributed by atoms with van der Waals surface area (Å²) in [7, 11) is -1.48. The largest absolute Gasteiger partial charge is 0.494 e. The minimum absolute atomic E-state index is 0.0884. The van der Waals surface area contributed by atoms with Gasteiger partial charge in [0, 0.05) is 25.6 Å². The van der Waals surface area contributed by atoms with E-state index in [-0.39, 0.29) is 35.2 Å². The highest BCUT2D eigenvalue weighted by atomic mass is 32.2. The lowest BCUT2D eigenvalue weighted by Crippen LogP contribution is -2.53. The molecule has 49 heavy (non-hydrogen) atoms. The van der Waals surface area contributed by atoms with Gasteiger partial charge in [0.05, 0.1) is 31.4 Å². The van der Waals surface area contributed by atoms with Crippen LogP contribution in [0.3, 0.4) is 0 Å². The minimum Gasteiger partial charge on any atom is -0.494 e. The molecule has 0 fully saturated rings. The normalized spacial score (nSPS) is 11.7. The summed E-state index contributed by atoms with van der Waals surface area (Å²) in [5.74, 6) is 0.265. The number of hydrogen-bond acceptors (Lipinski definition) is 7. The lowest BCUT2D eigenvalue weighted by Gasteiger charge is -2.34. The summed E-state index contributed by atoms with van der Waals surface area (Å²) in [6, 6.07) is 27.0. The van der Waals surface area contributed by atoms with Crippen molar-refractivity contribution in [3.63, 3.8) is 0 Å². The molecule has 11 heteroatoms. The van der Waals surface area contributed by atoms with E-state index >= 15 is 0 Å². The first-order chi connectivity index (χ1) is 23.6. The SMILES string of the molecule is CCCNC(=O)[C@H](Cc1ccccc1)N(Cc1cccc(C)c1)C(=O)CN(c1ccc(OCC)cc1)S(=O)(=O)c1ccc(OC)c(OC)c1. The van der Waals surface area contributed by atoms with E-state index in [4.69, 9.17) is 14.2 Å². The molecule has 4 aromatic rings. The maximum Gasteiger partial charge on any atom is 0.264 e. The number of hydrogen-bond donors (Lipinski definition) is 1. The monoisotopic (exact) mass is 687 g/mol. The summed E-state index contributed by atoms with van der Waals surface area (Å²) in [5.41, 5.74) is 2.91. The number of aryl methyl sites for hydroxylation is 1. The van der Waals surface area contributed by atoms with E-state index in [1.54, 1.807) is 24.3 Å². The molecule has 260 valence electrons. The molecule has 10 nitrogen and oxygen atoms in total. The van der Waals surface area contributed by atoms with Gasteiger partial charge in [0.15, 0.2) is 11.5 Å². The summed E-state index contributed by atoms with van der Waals surface area (Å²) in [6.07, 6.45) is 0.949. The topological polar surface area (TPSA) is 114 Å². The molecular weight excluding hydrogens is 642 g/mol. The second-order valence-electron chi connectivity index (χ2n) is 11.5. The van der Waals surface area contributed by atoms with Crippen LogP contribution in [0.4, 0.5) is 5.69 Å². The molecule has 0 aliphatic carbocycles. The number of carbonyl (C=O) groups excluding carboxylic acids is 2. The second kappa shape index (κ2) is 17.4. The van der Waals surface area contributed by atoms with E-state index in [9.17, 15) is 18.0 Å². The fourth-order valence-corrected chi connectivity index (χ4v) is 6.87. The van der Waals surface area contributed by atoms with Gasteiger partial charge in [0.1, 0.15) is 18.3 Å². The van der Waals surface area contributed by atoms with Gasteiger partial charge < -0.3 is 24.4 Å². The zero-order valence-corrected chi connectivity index (χ0v) is 29.5.